The number of carbonyl (C=O) groups excluding carboxylic acids is 1. The van der Waals surface area contributed by atoms with Crippen LogP contribution in [0.25, 0.3) is 10.1 Å². The van der Waals surface area contributed by atoms with Crippen molar-refractivity contribution in [2.24, 2.45) is 0 Å². The number of anilines is 4. The lowest BCUT2D eigenvalue weighted by atomic mass is 10.1. The van der Waals surface area contributed by atoms with Crippen LogP contribution in [-0.4, -0.2) is 5.91 Å². The molecule has 0 unspecified atom stereocenters. The summed E-state index contributed by atoms with van der Waals surface area (Å²) in [7, 11) is 0. The fourth-order valence-electron chi connectivity index (χ4n) is 2.60. The summed E-state index contributed by atoms with van der Waals surface area (Å²) in [6.07, 6.45) is 0.403. The highest BCUT2D eigenvalue weighted by Crippen LogP contribution is 2.34. The highest BCUT2D eigenvalue weighted by Gasteiger charge is 2.19. The van der Waals surface area contributed by atoms with E-state index in [4.69, 9.17) is 5.73 Å². The fourth-order valence-corrected chi connectivity index (χ4v) is 3.37. The molecule has 1 amide bonds. The Morgan fingerprint density at radius 3 is 3.00 bits per heavy atom. The molecule has 104 valence electrons. The summed E-state index contributed by atoms with van der Waals surface area (Å²) in [6.45, 7) is 0. The lowest BCUT2D eigenvalue weighted by molar-refractivity contribution is -0.115. The molecule has 2 aromatic carbocycles. The van der Waals surface area contributed by atoms with E-state index in [-0.39, 0.29) is 5.91 Å². The van der Waals surface area contributed by atoms with E-state index in [2.05, 4.69) is 34.2 Å². The van der Waals surface area contributed by atoms with Gasteiger partial charge in [0.2, 0.25) is 5.91 Å². The molecule has 21 heavy (non-hydrogen) atoms. The minimum Gasteiger partial charge on any atom is -0.397 e. The molecule has 5 heteroatoms. The molecular formula is C16H13N3OS. The molecular weight excluding hydrogens is 282 g/mol. The van der Waals surface area contributed by atoms with Gasteiger partial charge in [-0.3, -0.25) is 4.79 Å². The van der Waals surface area contributed by atoms with E-state index >= 15 is 0 Å². The lowest BCUT2D eigenvalue weighted by Gasteiger charge is -2.11. The number of nitrogens with two attached hydrogens (primary N) is 1. The average Bonchev–Trinajstić information content (AvgIpc) is 3.04. The van der Waals surface area contributed by atoms with Gasteiger partial charge in [-0.15, -0.1) is 11.3 Å². The molecule has 0 aliphatic carbocycles. The van der Waals surface area contributed by atoms with Crippen LogP contribution in [0.5, 0.6) is 0 Å². The molecule has 1 aliphatic rings. The summed E-state index contributed by atoms with van der Waals surface area (Å²) in [5.41, 5.74) is 10.3. The number of carbonyl (C=O) groups is 1. The van der Waals surface area contributed by atoms with Crippen LogP contribution in [0.2, 0.25) is 0 Å². The largest absolute Gasteiger partial charge is 0.397 e. The SMILES string of the molecule is Nc1cc2c(cc1Nc1ccc3sccc3c1)NC(=O)C2. The Kier molecular flexibility index (Phi) is 2.62. The van der Waals surface area contributed by atoms with Gasteiger partial charge < -0.3 is 16.4 Å². The zero-order chi connectivity index (χ0) is 14.4. The second-order valence-corrected chi connectivity index (χ2v) is 6.07. The molecule has 2 heterocycles. The van der Waals surface area contributed by atoms with Gasteiger partial charge in [-0.2, -0.15) is 0 Å². The van der Waals surface area contributed by atoms with Crippen LogP contribution >= 0.6 is 11.3 Å². The number of hydrogen-bond donors (Lipinski definition) is 3. The van der Waals surface area contributed by atoms with Crippen molar-refractivity contribution in [3.63, 3.8) is 0 Å². The summed E-state index contributed by atoms with van der Waals surface area (Å²) in [4.78, 5) is 11.4. The van der Waals surface area contributed by atoms with Crippen molar-refractivity contribution in [2.45, 2.75) is 6.42 Å². The normalized spacial score (nSPS) is 13.2. The molecule has 4 rings (SSSR count). The van der Waals surface area contributed by atoms with E-state index in [1.54, 1.807) is 11.3 Å². The van der Waals surface area contributed by atoms with Crippen LogP contribution < -0.4 is 16.4 Å². The molecule has 0 spiro atoms. The van der Waals surface area contributed by atoms with Crippen molar-refractivity contribution in [2.75, 3.05) is 16.4 Å². The van der Waals surface area contributed by atoms with E-state index < -0.39 is 0 Å². The van der Waals surface area contributed by atoms with Crippen LogP contribution in [0.3, 0.4) is 0 Å². The molecule has 0 bridgehead atoms. The first-order valence-electron chi connectivity index (χ1n) is 6.65. The Morgan fingerprint density at radius 1 is 1.19 bits per heavy atom. The highest BCUT2D eigenvalue weighted by atomic mass is 32.1. The third kappa shape index (κ3) is 2.11. The molecule has 0 atom stereocenters. The highest BCUT2D eigenvalue weighted by molar-refractivity contribution is 7.17. The van der Waals surface area contributed by atoms with Crippen molar-refractivity contribution in [1.29, 1.82) is 0 Å². The van der Waals surface area contributed by atoms with Crippen molar-refractivity contribution in [3.05, 3.63) is 47.3 Å². The van der Waals surface area contributed by atoms with Gasteiger partial charge in [0.25, 0.3) is 0 Å². The van der Waals surface area contributed by atoms with Gasteiger partial charge in [-0.05, 0) is 52.7 Å². The van der Waals surface area contributed by atoms with Crippen molar-refractivity contribution >= 4 is 50.1 Å². The molecule has 0 fully saturated rings. The third-order valence-corrected chi connectivity index (χ3v) is 4.53. The maximum atomic E-state index is 11.4. The number of fused-ring (bicyclic) bond motifs is 2. The Bertz CT molecular complexity index is 869. The van der Waals surface area contributed by atoms with Gasteiger partial charge in [-0.1, -0.05) is 0 Å². The van der Waals surface area contributed by atoms with Gasteiger partial charge in [0, 0.05) is 16.1 Å². The molecule has 1 aliphatic heterocycles. The van der Waals surface area contributed by atoms with Gasteiger partial charge in [0.1, 0.15) is 0 Å². The topological polar surface area (TPSA) is 67.2 Å². The quantitative estimate of drug-likeness (QED) is 0.631. The Morgan fingerprint density at radius 2 is 2.10 bits per heavy atom. The van der Waals surface area contributed by atoms with E-state index in [9.17, 15) is 4.79 Å². The average molecular weight is 295 g/mol. The minimum atomic E-state index is 0.0150. The first-order valence-corrected chi connectivity index (χ1v) is 7.53. The number of benzene rings is 2. The van der Waals surface area contributed by atoms with Crippen molar-refractivity contribution in [3.8, 4) is 0 Å². The Balaban J connectivity index is 1.70. The third-order valence-electron chi connectivity index (χ3n) is 3.63. The monoisotopic (exact) mass is 295 g/mol. The van der Waals surface area contributed by atoms with Crippen LogP contribution in [0, 0.1) is 0 Å². The number of hydrogen-bond acceptors (Lipinski definition) is 4. The van der Waals surface area contributed by atoms with Gasteiger partial charge in [-0.25, -0.2) is 0 Å². The number of nitrogens with one attached hydrogen (secondary N) is 2. The standard InChI is InChI=1S/C16H13N3OS/c17-12-6-10-7-16(20)19-13(10)8-14(12)18-11-1-2-15-9(5-11)3-4-21-15/h1-6,8,18H,7,17H2,(H,19,20). The predicted octanol–water partition coefficient (Wildman–Crippen LogP) is 3.72. The van der Waals surface area contributed by atoms with Gasteiger partial charge in [0.05, 0.1) is 17.8 Å². The number of thiophene rings is 1. The maximum Gasteiger partial charge on any atom is 0.228 e. The summed E-state index contributed by atoms with van der Waals surface area (Å²) >= 11 is 1.72. The van der Waals surface area contributed by atoms with Crippen LogP contribution in [0.1, 0.15) is 5.56 Å². The van der Waals surface area contributed by atoms with E-state index in [1.807, 2.05) is 18.2 Å². The van der Waals surface area contributed by atoms with Crippen molar-refractivity contribution in [1.82, 2.24) is 0 Å². The second-order valence-electron chi connectivity index (χ2n) is 5.12. The van der Waals surface area contributed by atoms with Crippen LogP contribution in [-0.2, 0) is 11.2 Å². The Labute approximate surface area is 125 Å². The first-order chi connectivity index (χ1) is 10.2. The first kappa shape index (κ1) is 12.2. The second kappa shape index (κ2) is 4.49. The van der Waals surface area contributed by atoms with Crippen LogP contribution in [0.15, 0.2) is 41.8 Å². The molecule has 0 radical (unpaired) electrons. The number of nitrogen functional groups attached to an aromatic ring is 1. The summed E-state index contributed by atoms with van der Waals surface area (Å²) < 4.78 is 1.26. The molecule has 3 aromatic rings. The molecule has 0 saturated carbocycles. The zero-order valence-electron chi connectivity index (χ0n) is 11.1. The molecule has 1 aromatic heterocycles. The lowest BCUT2D eigenvalue weighted by Crippen LogP contribution is -2.03. The van der Waals surface area contributed by atoms with Gasteiger partial charge in [0.15, 0.2) is 0 Å². The predicted molar refractivity (Wildman–Crippen MR) is 88.3 cm³/mol. The fraction of sp³-hybridized carbons (Fsp3) is 0.0625. The summed E-state index contributed by atoms with van der Waals surface area (Å²) in [5, 5.41) is 9.45. The van der Waals surface area contributed by atoms with Crippen molar-refractivity contribution < 1.29 is 4.79 Å². The molecule has 0 saturated heterocycles. The minimum absolute atomic E-state index is 0.0150. The number of amides is 1. The Hall–Kier alpha value is -2.53. The molecule has 4 N–H and O–H groups in total. The summed E-state index contributed by atoms with van der Waals surface area (Å²) in [5.74, 6) is 0.0150. The number of rotatable bonds is 2. The van der Waals surface area contributed by atoms with Gasteiger partial charge >= 0.3 is 0 Å². The van der Waals surface area contributed by atoms with E-state index in [0.717, 1.165) is 22.6 Å². The summed E-state index contributed by atoms with van der Waals surface area (Å²) in [6, 6.07) is 12.1. The van der Waals surface area contributed by atoms with Crippen LogP contribution in [0.4, 0.5) is 22.7 Å². The smallest absolute Gasteiger partial charge is 0.228 e. The maximum absolute atomic E-state index is 11.4. The van der Waals surface area contributed by atoms with E-state index in [1.165, 1.54) is 10.1 Å². The van der Waals surface area contributed by atoms with E-state index in [0.29, 0.717) is 12.1 Å². The molecule has 4 nitrogen and oxygen atoms in total. The zero-order valence-corrected chi connectivity index (χ0v) is 12.0.